The van der Waals surface area contributed by atoms with Gasteiger partial charge in [0.15, 0.2) is 5.78 Å². The Kier molecular flexibility index (Phi) is 6.71. The largest absolute Gasteiger partial charge is 0.495 e. The van der Waals surface area contributed by atoms with E-state index in [-0.39, 0.29) is 24.0 Å². The Balaban J connectivity index is 1.87. The van der Waals surface area contributed by atoms with Crippen LogP contribution in [0.1, 0.15) is 35.9 Å². The van der Waals surface area contributed by atoms with E-state index in [4.69, 9.17) is 4.74 Å². The number of rotatable bonds is 8. The number of anilines is 2. The van der Waals surface area contributed by atoms with E-state index in [1.54, 1.807) is 24.3 Å². The average Bonchev–Trinajstić information content (AvgIpc) is 3.09. The van der Waals surface area contributed by atoms with Crippen LogP contribution in [-0.4, -0.2) is 24.7 Å². The summed E-state index contributed by atoms with van der Waals surface area (Å²) in [5, 5.41) is 7.27. The monoisotopic (exact) mass is 360 g/mol. The number of thiophene rings is 1. The van der Waals surface area contributed by atoms with Gasteiger partial charge in [0.05, 0.1) is 17.7 Å². The third kappa shape index (κ3) is 5.72. The van der Waals surface area contributed by atoms with Crippen LogP contribution in [0, 0.1) is 0 Å². The molecule has 1 aromatic heterocycles. The van der Waals surface area contributed by atoms with Crippen molar-refractivity contribution in [3.05, 3.63) is 40.6 Å². The van der Waals surface area contributed by atoms with Crippen molar-refractivity contribution in [2.45, 2.75) is 26.2 Å². The summed E-state index contributed by atoms with van der Waals surface area (Å²) in [5.41, 5.74) is 1.04. The predicted octanol–water partition coefficient (Wildman–Crippen LogP) is 3.71. The molecule has 0 atom stereocenters. The maximum atomic E-state index is 12.0. The second-order valence-corrected chi connectivity index (χ2v) is 6.35. The molecule has 2 aromatic rings. The van der Waals surface area contributed by atoms with Gasteiger partial charge >= 0.3 is 0 Å². The summed E-state index contributed by atoms with van der Waals surface area (Å²) in [5.74, 6) is 0.154. The Hall–Kier alpha value is -2.67. The molecule has 0 spiro atoms. The number of ether oxygens (including phenoxy) is 1. The Bertz CT molecular complexity index is 756. The second-order valence-electron chi connectivity index (χ2n) is 5.40. The molecule has 0 aliphatic heterocycles. The highest BCUT2D eigenvalue weighted by molar-refractivity contribution is 7.12. The smallest absolute Gasteiger partial charge is 0.224 e. The van der Waals surface area contributed by atoms with Crippen LogP contribution in [0.4, 0.5) is 11.4 Å². The van der Waals surface area contributed by atoms with Crippen LogP contribution < -0.4 is 15.4 Å². The number of amides is 2. The van der Waals surface area contributed by atoms with Crippen LogP contribution in [0.5, 0.6) is 5.75 Å². The highest BCUT2D eigenvalue weighted by Gasteiger charge is 2.10. The highest BCUT2D eigenvalue weighted by Crippen LogP contribution is 2.28. The minimum atomic E-state index is -0.228. The number of Topliss-reactive ketones (excluding diaryl/α,β-unsaturated/α-hetero) is 1. The Morgan fingerprint density at radius 1 is 1.12 bits per heavy atom. The lowest BCUT2D eigenvalue weighted by molar-refractivity contribution is -0.116. The first-order valence-corrected chi connectivity index (χ1v) is 8.69. The van der Waals surface area contributed by atoms with Crippen molar-refractivity contribution >= 4 is 40.3 Å². The van der Waals surface area contributed by atoms with E-state index in [0.717, 1.165) is 4.88 Å². The third-order valence-corrected chi connectivity index (χ3v) is 4.31. The quantitative estimate of drug-likeness (QED) is 0.703. The first kappa shape index (κ1) is 18.7. The molecule has 1 heterocycles. The molecule has 0 saturated heterocycles. The SMILES string of the molecule is COc1ccc(NC(=O)CCCC(=O)c2cccs2)cc1NC(C)=O. The minimum Gasteiger partial charge on any atom is -0.495 e. The number of carbonyl (C=O) groups excluding carboxylic acids is 3. The van der Waals surface area contributed by atoms with Gasteiger partial charge in [-0.3, -0.25) is 14.4 Å². The Morgan fingerprint density at radius 2 is 1.92 bits per heavy atom. The molecule has 0 aliphatic rings. The zero-order valence-corrected chi connectivity index (χ0v) is 14.9. The van der Waals surface area contributed by atoms with E-state index >= 15 is 0 Å². The molecule has 1 aromatic carbocycles. The van der Waals surface area contributed by atoms with E-state index in [0.29, 0.717) is 30.0 Å². The summed E-state index contributed by atoms with van der Waals surface area (Å²) in [7, 11) is 1.50. The molecule has 0 fully saturated rings. The van der Waals surface area contributed by atoms with E-state index in [9.17, 15) is 14.4 Å². The Morgan fingerprint density at radius 3 is 2.56 bits per heavy atom. The summed E-state index contributed by atoms with van der Waals surface area (Å²) >= 11 is 1.41. The van der Waals surface area contributed by atoms with Gasteiger partial charge in [0.2, 0.25) is 11.8 Å². The number of hydrogen-bond donors (Lipinski definition) is 2. The van der Waals surface area contributed by atoms with Crippen molar-refractivity contribution < 1.29 is 19.1 Å². The van der Waals surface area contributed by atoms with Crippen LogP contribution in [0.2, 0.25) is 0 Å². The van der Waals surface area contributed by atoms with Gasteiger partial charge in [-0.05, 0) is 36.1 Å². The number of hydrogen-bond acceptors (Lipinski definition) is 5. The zero-order valence-electron chi connectivity index (χ0n) is 14.1. The van der Waals surface area contributed by atoms with Gasteiger partial charge in [0, 0.05) is 25.5 Å². The first-order chi connectivity index (χ1) is 12.0. The normalized spacial score (nSPS) is 10.2. The van der Waals surface area contributed by atoms with Crippen LogP contribution in [0.15, 0.2) is 35.7 Å². The fourth-order valence-corrected chi connectivity index (χ4v) is 2.96. The minimum absolute atomic E-state index is 0.0557. The molecular weight excluding hydrogens is 340 g/mol. The number of benzene rings is 1. The van der Waals surface area contributed by atoms with Crippen molar-refractivity contribution in [3.63, 3.8) is 0 Å². The molecule has 2 N–H and O–H groups in total. The van der Waals surface area contributed by atoms with Gasteiger partial charge < -0.3 is 15.4 Å². The molecule has 0 saturated carbocycles. The van der Waals surface area contributed by atoms with Crippen molar-refractivity contribution in [3.8, 4) is 5.75 Å². The molecule has 132 valence electrons. The van der Waals surface area contributed by atoms with Gasteiger partial charge in [-0.15, -0.1) is 11.3 Å². The summed E-state index contributed by atoms with van der Waals surface area (Å²) in [6.45, 7) is 1.40. The Labute approximate surface area is 150 Å². The van der Waals surface area contributed by atoms with Crippen LogP contribution in [0.3, 0.4) is 0 Å². The molecule has 0 unspecified atom stereocenters. The molecule has 0 radical (unpaired) electrons. The van der Waals surface area contributed by atoms with Gasteiger partial charge in [-0.25, -0.2) is 0 Å². The topological polar surface area (TPSA) is 84.5 Å². The standard InChI is InChI=1S/C18H20N2O4S/c1-12(21)19-14-11-13(8-9-16(14)24-2)20-18(23)7-3-5-15(22)17-6-4-10-25-17/h4,6,8-11H,3,5,7H2,1-2H3,(H,19,21)(H,20,23). The fraction of sp³-hybridized carbons (Fsp3) is 0.278. The summed E-state index contributed by atoms with van der Waals surface area (Å²) in [6.07, 6.45) is 1.07. The summed E-state index contributed by atoms with van der Waals surface area (Å²) in [6, 6.07) is 8.61. The summed E-state index contributed by atoms with van der Waals surface area (Å²) < 4.78 is 5.17. The third-order valence-electron chi connectivity index (χ3n) is 3.40. The van der Waals surface area contributed by atoms with Gasteiger partial charge in [-0.2, -0.15) is 0 Å². The lowest BCUT2D eigenvalue weighted by Gasteiger charge is -2.12. The van der Waals surface area contributed by atoms with Gasteiger partial charge in [-0.1, -0.05) is 6.07 Å². The number of ketones is 1. The molecule has 0 aliphatic carbocycles. The highest BCUT2D eigenvalue weighted by atomic mass is 32.1. The van der Waals surface area contributed by atoms with E-state index < -0.39 is 0 Å². The molecule has 6 nitrogen and oxygen atoms in total. The van der Waals surface area contributed by atoms with E-state index in [1.807, 2.05) is 11.4 Å². The van der Waals surface area contributed by atoms with Crippen molar-refractivity contribution in [1.82, 2.24) is 0 Å². The van der Waals surface area contributed by atoms with Crippen molar-refractivity contribution in [2.75, 3.05) is 17.7 Å². The lowest BCUT2D eigenvalue weighted by Crippen LogP contribution is -2.13. The van der Waals surface area contributed by atoms with Crippen LogP contribution in [-0.2, 0) is 9.59 Å². The number of methoxy groups -OCH3 is 1. The van der Waals surface area contributed by atoms with Gasteiger partial charge in [0.25, 0.3) is 0 Å². The molecular formula is C18H20N2O4S. The summed E-state index contributed by atoms with van der Waals surface area (Å²) in [4.78, 5) is 35.9. The van der Waals surface area contributed by atoms with E-state index in [2.05, 4.69) is 10.6 Å². The van der Waals surface area contributed by atoms with Gasteiger partial charge in [0.1, 0.15) is 5.75 Å². The van der Waals surface area contributed by atoms with Crippen LogP contribution in [0.25, 0.3) is 0 Å². The number of carbonyl (C=O) groups is 3. The second kappa shape index (κ2) is 8.98. The molecule has 25 heavy (non-hydrogen) atoms. The maximum absolute atomic E-state index is 12.0. The molecule has 2 rings (SSSR count). The lowest BCUT2D eigenvalue weighted by atomic mass is 10.1. The van der Waals surface area contributed by atoms with E-state index in [1.165, 1.54) is 25.4 Å². The van der Waals surface area contributed by atoms with Crippen molar-refractivity contribution in [2.24, 2.45) is 0 Å². The molecule has 7 heteroatoms. The van der Waals surface area contributed by atoms with Crippen molar-refractivity contribution in [1.29, 1.82) is 0 Å². The predicted molar refractivity (Wildman–Crippen MR) is 98.4 cm³/mol. The molecule has 0 bridgehead atoms. The average molecular weight is 360 g/mol. The molecule has 2 amide bonds. The fourth-order valence-electron chi connectivity index (χ4n) is 2.27. The zero-order chi connectivity index (χ0) is 18.2. The first-order valence-electron chi connectivity index (χ1n) is 7.82. The van der Waals surface area contributed by atoms with Crippen LogP contribution >= 0.6 is 11.3 Å². The maximum Gasteiger partial charge on any atom is 0.224 e. The number of nitrogens with one attached hydrogen (secondary N) is 2.